The van der Waals surface area contributed by atoms with Crippen molar-refractivity contribution >= 4 is 34.9 Å². The van der Waals surface area contributed by atoms with Gasteiger partial charge in [0.15, 0.2) is 0 Å². The van der Waals surface area contributed by atoms with Gasteiger partial charge in [-0.1, -0.05) is 11.6 Å². The SMILES string of the molecule is CCN(CC(N)=O)c1c(Cl)cc([N+](=O)[O-])cc1C(=O)O. The van der Waals surface area contributed by atoms with Crippen LogP contribution in [-0.2, 0) is 4.79 Å². The van der Waals surface area contributed by atoms with Crippen LogP contribution in [0.5, 0.6) is 0 Å². The quantitative estimate of drug-likeness (QED) is 0.601. The molecule has 0 heterocycles. The molecule has 20 heavy (non-hydrogen) atoms. The number of aromatic carboxylic acids is 1. The summed E-state index contributed by atoms with van der Waals surface area (Å²) >= 11 is 5.92. The molecule has 1 aromatic carbocycles. The van der Waals surface area contributed by atoms with Gasteiger partial charge in [0.05, 0.1) is 27.7 Å². The summed E-state index contributed by atoms with van der Waals surface area (Å²) in [5, 5.41) is 19.7. The predicted molar refractivity (Wildman–Crippen MR) is 72.1 cm³/mol. The fourth-order valence-electron chi connectivity index (χ4n) is 1.71. The average Bonchev–Trinajstić information content (AvgIpc) is 2.34. The Morgan fingerprint density at radius 1 is 1.50 bits per heavy atom. The number of likely N-dealkylation sites (N-methyl/N-ethyl adjacent to an activating group) is 1. The van der Waals surface area contributed by atoms with Crippen LogP contribution >= 0.6 is 11.6 Å². The van der Waals surface area contributed by atoms with Gasteiger partial charge in [-0.05, 0) is 6.92 Å². The maximum atomic E-state index is 11.2. The van der Waals surface area contributed by atoms with Crippen LogP contribution in [0, 0.1) is 10.1 Å². The Morgan fingerprint density at radius 3 is 2.50 bits per heavy atom. The second-order valence-electron chi connectivity index (χ2n) is 3.87. The molecule has 9 heteroatoms. The van der Waals surface area contributed by atoms with Gasteiger partial charge in [0.25, 0.3) is 5.69 Å². The Bertz CT molecular complexity index is 575. The number of nitrogens with two attached hydrogens (primary N) is 1. The summed E-state index contributed by atoms with van der Waals surface area (Å²) < 4.78 is 0. The summed E-state index contributed by atoms with van der Waals surface area (Å²) in [4.78, 5) is 33.5. The molecule has 0 saturated heterocycles. The lowest BCUT2D eigenvalue weighted by molar-refractivity contribution is -0.384. The summed E-state index contributed by atoms with van der Waals surface area (Å²) in [6, 6.07) is 1.93. The second kappa shape index (κ2) is 6.20. The zero-order valence-corrected chi connectivity index (χ0v) is 11.3. The van der Waals surface area contributed by atoms with Crippen LogP contribution in [0.3, 0.4) is 0 Å². The molecule has 0 aliphatic carbocycles. The Hall–Kier alpha value is -2.35. The summed E-state index contributed by atoms with van der Waals surface area (Å²) in [5.74, 6) is -2.05. The highest BCUT2D eigenvalue weighted by Crippen LogP contribution is 2.34. The predicted octanol–water partition coefficient (Wildman–Crippen LogP) is 1.26. The fourth-order valence-corrected chi connectivity index (χ4v) is 2.04. The number of hydrogen-bond donors (Lipinski definition) is 2. The van der Waals surface area contributed by atoms with Crippen molar-refractivity contribution < 1.29 is 19.6 Å². The standard InChI is InChI=1S/C11H12ClN3O5/c1-2-14(5-9(13)16)10-7(11(17)18)3-6(15(19)20)4-8(10)12/h3-4H,2,5H2,1H3,(H2,13,16)(H,17,18). The number of hydrogen-bond acceptors (Lipinski definition) is 5. The van der Waals surface area contributed by atoms with Crippen molar-refractivity contribution in [2.75, 3.05) is 18.0 Å². The third kappa shape index (κ3) is 3.35. The number of amides is 1. The highest BCUT2D eigenvalue weighted by atomic mass is 35.5. The summed E-state index contributed by atoms with van der Waals surface area (Å²) in [6.45, 7) is 1.70. The van der Waals surface area contributed by atoms with Crippen LogP contribution in [0.4, 0.5) is 11.4 Å². The molecule has 0 aromatic heterocycles. The van der Waals surface area contributed by atoms with Gasteiger partial charge in [-0.15, -0.1) is 0 Å². The molecule has 3 N–H and O–H groups in total. The van der Waals surface area contributed by atoms with Crippen molar-refractivity contribution in [2.45, 2.75) is 6.92 Å². The maximum Gasteiger partial charge on any atom is 0.338 e. The van der Waals surface area contributed by atoms with Gasteiger partial charge < -0.3 is 15.7 Å². The monoisotopic (exact) mass is 301 g/mol. The number of primary amides is 1. The first-order valence-corrected chi connectivity index (χ1v) is 5.90. The number of benzene rings is 1. The van der Waals surface area contributed by atoms with E-state index in [0.717, 1.165) is 12.1 Å². The number of nitro groups is 1. The van der Waals surface area contributed by atoms with Gasteiger partial charge in [0.2, 0.25) is 5.91 Å². The van der Waals surface area contributed by atoms with E-state index in [9.17, 15) is 19.7 Å². The Kier molecular flexibility index (Phi) is 4.87. The molecule has 0 fully saturated rings. The number of nitro benzene ring substituents is 1. The van der Waals surface area contributed by atoms with Crippen LogP contribution in [0.1, 0.15) is 17.3 Å². The molecule has 0 atom stereocenters. The van der Waals surface area contributed by atoms with Crippen molar-refractivity contribution in [1.29, 1.82) is 0 Å². The number of carboxylic acids is 1. The normalized spacial score (nSPS) is 10.1. The maximum absolute atomic E-state index is 11.2. The molecule has 0 aliphatic rings. The highest BCUT2D eigenvalue weighted by Gasteiger charge is 2.24. The van der Waals surface area contributed by atoms with Gasteiger partial charge in [-0.25, -0.2) is 4.79 Å². The summed E-state index contributed by atoms with van der Waals surface area (Å²) in [6.07, 6.45) is 0. The molecule has 108 valence electrons. The lowest BCUT2D eigenvalue weighted by Gasteiger charge is -2.24. The number of carbonyl (C=O) groups is 2. The van der Waals surface area contributed by atoms with E-state index in [4.69, 9.17) is 22.4 Å². The third-order valence-corrected chi connectivity index (χ3v) is 2.82. The number of rotatable bonds is 6. The Morgan fingerprint density at radius 2 is 2.10 bits per heavy atom. The molecule has 0 spiro atoms. The molecule has 1 aromatic rings. The van der Waals surface area contributed by atoms with E-state index in [1.807, 2.05) is 0 Å². The van der Waals surface area contributed by atoms with Gasteiger partial charge in [0.1, 0.15) is 0 Å². The number of halogens is 1. The van der Waals surface area contributed by atoms with Gasteiger partial charge in [0, 0.05) is 18.7 Å². The number of anilines is 1. The van der Waals surface area contributed by atoms with E-state index in [-0.39, 0.29) is 29.4 Å². The molecule has 0 unspecified atom stereocenters. The largest absolute Gasteiger partial charge is 0.478 e. The highest BCUT2D eigenvalue weighted by molar-refractivity contribution is 6.34. The minimum Gasteiger partial charge on any atom is -0.478 e. The van der Waals surface area contributed by atoms with E-state index in [1.165, 1.54) is 4.90 Å². The lowest BCUT2D eigenvalue weighted by Crippen LogP contribution is -2.34. The topological polar surface area (TPSA) is 127 Å². The van der Waals surface area contributed by atoms with Gasteiger partial charge in [-0.2, -0.15) is 0 Å². The molecule has 0 saturated carbocycles. The second-order valence-corrected chi connectivity index (χ2v) is 4.27. The number of carboxylic acid groups (broad SMARTS) is 1. The first-order chi connectivity index (χ1) is 9.27. The van der Waals surface area contributed by atoms with E-state index in [0.29, 0.717) is 0 Å². The van der Waals surface area contributed by atoms with Gasteiger partial charge >= 0.3 is 5.97 Å². The summed E-state index contributed by atoms with van der Waals surface area (Å²) in [5.41, 5.74) is 4.32. The zero-order valence-electron chi connectivity index (χ0n) is 10.5. The van der Waals surface area contributed by atoms with Crippen molar-refractivity contribution in [2.24, 2.45) is 5.73 Å². The smallest absolute Gasteiger partial charge is 0.338 e. The number of carbonyl (C=O) groups excluding carboxylic acids is 1. The molecule has 1 amide bonds. The van der Waals surface area contributed by atoms with E-state index < -0.39 is 22.5 Å². The van der Waals surface area contributed by atoms with E-state index in [1.54, 1.807) is 6.92 Å². The summed E-state index contributed by atoms with van der Waals surface area (Å²) in [7, 11) is 0. The Labute approximate surface area is 118 Å². The fraction of sp³-hybridized carbons (Fsp3) is 0.273. The van der Waals surface area contributed by atoms with Crippen LogP contribution in [-0.4, -0.2) is 35.0 Å². The molecule has 0 bridgehead atoms. The first-order valence-electron chi connectivity index (χ1n) is 5.52. The van der Waals surface area contributed by atoms with Crippen LogP contribution in [0.25, 0.3) is 0 Å². The van der Waals surface area contributed by atoms with E-state index >= 15 is 0 Å². The Balaban J connectivity index is 3.47. The van der Waals surface area contributed by atoms with E-state index in [2.05, 4.69) is 0 Å². The lowest BCUT2D eigenvalue weighted by atomic mass is 10.1. The van der Waals surface area contributed by atoms with Gasteiger partial charge in [-0.3, -0.25) is 14.9 Å². The van der Waals surface area contributed by atoms with Crippen LogP contribution < -0.4 is 10.6 Å². The minimum atomic E-state index is -1.38. The van der Waals surface area contributed by atoms with Crippen LogP contribution in [0.2, 0.25) is 5.02 Å². The van der Waals surface area contributed by atoms with Crippen molar-refractivity contribution in [3.05, 3.63) is 32.8 Å². The molecule has 0 aliphatic heterocycles. The third-order valence-electron chi connectivity index (χ3n) is 2.53. The zero-order chi connectivity index (χ0) is 15.4. The average molecular weight is 302 g/mol. The number of nitrogens with zero attached hydrogens (tertiary/aromatic N) is 2. The minimum absolute atomic E-state index is 0.0334. The first kappa shape index (κ1) is 15.7. The molecular formula is C11H12ClN3O5. The van der Waals surface area contributed by atoms with Crippen molar-refractivity contribution in [3.63, 3.8) is 0 Å². The molecule has 0 radical (unpaired) electrons. The van der Waals surface area contributed by atoms with Crippen molar-refractivity contribution in [1.82, 2.24) is 0 Å². The molecular weight excluding hydrogens is 290 g/mol. The van der Waals surface area contributed by atoms with Crippen molar-refractivity contribution in [3.8, 4) is 0 Å². The molecule has 8 nitrogen and oxygen atoms in total. The molecule has 1 rings (SSSR count). The van der Waals surface area contributed by atoms with Crippen LogP contribution in [0.15, 0.2) is 12.1 Å². The number of non-ortho nitro benzene ring substituents is 1.